The third kappa shape index (κ3) is 3.29. The molecular formula is C17H26N6O. The molecule has 3 heterocycles. The maximum atomic E-state index is 12.7. The van der Waals surface area contributed by atoms with Crippen LogP contribution in [0.1, 0.15) is 44.8 Å². The Kier molecular flexibility index (Phi) is 4.59. The predicted octanol–water partition coefficient (Wildman–Crippen LogP) is 2.86. The second-order valence-electron chi connectivity index (χ2n) is 6.98. The number of urea groups is 1. The molecule has 0 saturated carbocycles. The zero-order valence-corrected chi connectivity index (χ0v) is 14.8. The third-order valence-electron chi connectivity index (χ3n) is 4.76. The number of nitrogens with zero attached hydrogens (tertiary/aromatic N) is 5. The highest BCUT2D eigenvalue weighted by Gasteiger charge is 2.30. The fraction of sp³-hybridized carbons (Fsp3) is 0.588. The molecule has 0 aliphatic carbocycles. The lowest BCUT2D eigenvalue weighted by atomic mass is 9.93. The van der Waals surface area contributed by atoms with Gasteiger partial charge in [-0.15, -0.1) is 0 Å². The van der Waals surface area contributed by atoms with E-state index in [0.29, 0.717) is 12.5 Å². The van der Waals surface area contributed by atoms with Crippen molar-refractivity contribution in [3.8, 4) is 0 Å². The molecule has 2 aromatic heterocycles. The van der Waals surface area contributed by atoms with Crippen LogP contribution < -0.4 is 5.32 Å². The number of carbonyl (C=O) groups excluding carboxylic acids is 1. The molecule has 7 nitrogen and oxygen atoms in total. The molecule has 0 unspecified atom stereocenters. The number of likely N-dealkylation sites (tertiary alicyclic amines) is 1. The van der Waals surface area contributed by atoms with Crippen molar-refractivity contribution in [1.82, 2.24) is 24.2 Å². The number of hydrogen-bond donors (Lipinski definition) is 1. The standard InChI is InChI=1S/C17H26N6O/c1-12(2)16-14(9-21(4)20-16)19-17(24)22-7-5-13(3)15(10-22)23-8-6-18-11-23/h6,8-9,11-13,15H,5,7,10H2,1-4H3,(H,19,24)/t13-,15+/m0/s1. The van der Waals surface area contributed by atoms with Crippen LogP contribution in [-0.4, -0.2) is 43.4 Å². The Balaban J connectivity index is 1.71. The van der Waals surface area contributed by atoms with Crippen molar-refractivity contribution < 1.29 is 4.79 Å². The van der Waals surface area contributed by atoms with Crippen LogP contribution in [0.3, 0.4) is 0 Å². The van der Waals surface area contributed by atoms with Gasteiger partial charge in [0, 0.05) is 38.7 Å². The van der Waals surface area contributed by atoms with Gasteiger partial charge < -0.3 is 14.8 Å². The highest BCUT2D eigenvalue weighted by molar-refractivity contribution is 5.90. The first-order valence-electron chi connectivity index (χ1n) is 8.52. The SMILES string of the molecule is CC(C)c1nn(C)cc1NC(=O)N1CC[C@H](C)[C@H](n2ccnc2)C1. The molecule has 7 heteroatoms. The third-order valence-corrected chi connectivity index (χ3v) is 4.76. The molecule has 2 aromatic rings. The molecule has 0 spiro atoms. The maximum absolute atomic E-state index is 12.7. The minimum Gasteiger partial charge on any atom is -0.332 e. The summed E-state index contributed by atoms with van der Waals surface area (Å²) in [6, 6.07) is 0.215. The quantitative estimate of drug-likeness (QED) is 0.941. The molecule has 0 aromatic carbocycles. The number of imidazole rings is 1. The zero-order chi connectivity index (χ0) is 17.3. The summed E-state index contributed by atoms with van der Waals surface area (Å²) in [7, 11) is 1.87. The topological polar surface area (TPSA) is 68.0 Å². The lowest BCUT2D eigenvalue weighted by Gasteiger charge is -2.37. The molecule has 1 fully saturated rings. The fourth-order valence-corrected chi connectivity index (χ4v) is 3.31. The molecule has 2 amide bonds. The van der Waals surface area contributed by atoms with Gasteiger partial charge in [-0.3, -0.25) is 4.68 Å². The molecule has 130 valence electrons. The van der Waals surface area contributed by atoms with E-state index in [1.807, 2.05) is 30.7 Å². The monoisotopic (exact) mass is 330 g/mol. The summed E-state index contributed by atoms with van der Waals surface area (Å²) < 4.78 is 3.85. The molecule has 3 rings (SSSR count). The van der Waals surface area contributed by atoms with E-state index >= 15 is 0 Å². The van der Waals surface area contributed by atoms with Gasteiger partial charge in [0.05, 0.1) is 23.8 Å². The largest absolute Gasteiger partial charge is 0.332 e. The van der Waals surface area contributed by atoms with Gasteiger partial charge in [-0.05, 0) is 18.3 Å². The van der Waals surface area contributed by atoms with E-state index in [1.165, 1.54) is 0 Å². The molecule has 1 aliphatic rings. The summed E-state index contributed by atoms with van der Waals surface area (Å²) in [6.45, 7) is 7.86. The first-order chi connectivity index (χ1) is 11.5. The second kappa shape index (κ2) is 6.67. The van der Waals surface area contributed by atoms with Gasteiger partial charge in [-0.1, -0.05) is 20.8 Å². The van der Waals surface area contributed by atoms with Gasteiger partial charge in [0.2, 0.25) is 0 Å². The van der Waals surface area contributed by atoms with Crippen LogP contribution >= 0.6 is 0 Å². The van der Waals surface area contributed by atoms with Crippen LogP contribution in [0.25, 0.3) is 0 Å². The molecule has 0 bridgehead atoms. The van der Waals surface area contributed by atoms with Crippen LogP contribution in [0.15, 0.2) is 24.9 Å². The van der Waals surface area contributed by atoms with E-state index in [9.17, 15) is 4.79 Å². The number of anilines is 1. The van der Waals surface area contributed by atoms with Crippen molar-refractivity contribution in [2.45, 2.75) is 39.2 Å². The first-order valence-corrected chi connectivity index (χ1v) is 8.52. The Morgan fingerprint density at radius 2 is 2.21 bits per heavy atom. The number of aryl methyl sites for hydroxylation is 1. The minimum atomic E-state index is -0.0538. The zero-order valence-electron chi connectivity index (χ0n) is 14.8. The predicted molar refractivity (Wildman–Crippen MR) is 92.9 cm³/mol. The van der Waals surface area contributed by atoms with Crippen molar-refractivity contribution >= 4 is 11.7 Å². The Hall–Kier alpha value is -2.31. The summed E-state index contributed by atoms with van der Waals surface area (Å²) in [5.74, 6) is 0.787. The number of rotatable bonds is 3. The number of hydrogen-bond acceptors (Lipinski definition) is 3. The van der Waals surface area contributed by atoms with Crippen molar-refractivity contribution in [2.75, 3.05) is 18.4 Å². The van der Waals surface area contributed by atoms with Gasteiger partial charge in [0.25, 0.3) is 0 Å². The molecule has 1 N–H and O–H groups in total. The number of aromatic nitrogens is 4. The van der Waals surface area contributed by atoms with Crippen LogP contribution in [0.4, 0.5) is 10.5 Å². The summed E-state index contributed by atoms with van der Waals surface area (Å²) in [5, 5.41) is 7.49. The molecule has 2 atom stereocenters. The molecule has 1 saturated heterocycles. The van der Waals surface area contributed by atoms with E-state index < -0.39 is 0 Å². The average Bonchev–Trinajstić information content (AvgIpc) is 3.17. The average molecular weight is 330 g/mol. The normalized spacial score (nSPS) is 21.3. The molecule has 1 aliphatic heterocycles. The number of piperidine rings is 1. The second-order valence-corrected chi connectivity index (χ2v) is 6.98. The Labute approximate surface area is 142 Å². The van der Waals surface area contributed by atoms with Gasteiger partial charge in [0.1, 0.15) is 0 Å². The van der Waals surface area contributed by atoms with Gasteiger partial charge in [-0.2, -0.15) is 5.10 Å². The Bertz CT molecular complexity index is 690. The first kappa shape index (κ1) is 16.5. The highest BCUT2D eigenvalue weighted by atomic mass is 16.2. The van der Waals surface area contributed by atoms with Gasteiger partial charge in [-0.25, -0.2) is 9.78 Å². The lowest BCUT2D eigenvalue weighted by molar-refractivity contribution is 0.149. The maximum Gasteiger partial charge on any atom is 0.322 e. The Morgan fingerprint density at radius 1 is 1.42 bits per heavy atom. The summed E-state index contributed by atoms with van der Waals surface area (Å²) >= 11 is 0. The van der Waals surface area contributed by atoms with Crippen molar-refractivity contribution in [3.63, 3.8) is 0 Å². The summed E-state index contributed by atoms with van der Waals surface area (Å²) in [5.41, 5.74) is 1.72. The highest BCUT2D eigenvalue weighted by Crippen LogP contribution is 2.28. The van der Waals surface area contributed by atoms with Gasteiger partial charge in [0.15, 0.2) is 0 Å². The van der Waals surface area contributed by atoms with Crippen molar-refractivity contribution in [3.05, 3.63) is 30.6 Å². The van der Waals surface area contributed by atoms with Crippen molar-refractivity contribution in [2.24, 2.45) is 13.0 Å². The van der Waals surface area contributed by atoms with Crippen LogP contribution in [0.5, 0.6) is 0 Å². The fourth-order valence-electron chi connectivity index (χ4n) is 3.31. The van der Waals surface area contributed by atoms with Crippen LogP contribution in [0.2, 0.25) is 0 Å². The Morgan fingerprint density at radius 3 is 2.88 bits per heavy atom. The van der Waals surface area contributed by atoms with E-state index in [2.05, 4.69) is 40.7 Å². The molecule has 0 radical (unpaired) electrons. The van der Waals surface area contributed by atoms with Gasteiger partial charge >= 0.3 is 6.03 Å². The van der Waals surface area contributed by atoms with Crippen LogP contribution in [-0.2, 0) is 7.05 Å². The van der Waals surface area contributed by atoms with E-state index in [-0.39, 0.29) is 18.0 Å². The minimum absolute atomic E-state index is 0.0538. The summed E-state index contributed by atoms with van der Waals surface area (Å²) in [4.78, 5) is 18.8. The number of carbonyl (C=O) groups is 1. The van der Waals surface area contributed by atoms with E-state index in [4.69, 9.17) is 0 Å². The molecular weight excluding hydrogens is 304 g/mol. The molecule has 24 heavy (non-hydrogen) atoms. The lowest BCUT2D eigenvalue weighted by Crippen LogP contribution is -2.45. The van der Waals surface area contributed by atoms with E-state index in [1.54, 1.807) is 10.9 Å². The smallest absolute Gasteiger partial charge is 0.322 e. The van der Waals surface area contributed by atoms with Crippen molar-refractivity contribution in [1.29, 1.82) is 0 Å². The number of nitrogens with one attached hydrogen (secondary N) is 1. The van der Waals surface area contributed by atoms with E-state index in [0.717, 1.165) is 24.3 Å². The summed E-state index contributed by atoms with van der Waals surface area (Å²) in [6.07, 6.45) is 8.45. The van der Waals surface area contributed by atoms with Crippen LogP contribution in [0, 0.1) is 5.92 Å². The number of amides is 2.